The minimum Gasteiger partial charge on any atom is -0.351 e. The van der Waals surface area contributed by atoms with Crippen molar-refractivity contribution in [2.45, 2.75) is 45.2 Å². The maximum absolute atomic E-state index is 4.78. The summed E-state index contributed by atoms with van der Waals surface area (Å²) in [5.74, 6) is 2.95. The molecule has 5 nitrogen and oxygen atoms in total. The van der Waals surface area contributed by atoms with Crippen LogP contribution in [0, 0.1) is 5.92 Å². The van der Waals surface area contributed by atoms with Crippen molar-refractivity contribution < 1.29 is 0 Å². The first-order valence-corrected chi connectivity index (χ1v) is 9.86. The number of aromatic nitrogens is 2. The Kier molecular flexibility index (Phi) is 7.15. The van der Waals surface area contributed by atoms with Crippen LogP contribution >= 0.6 is 24.0 Å². The zero-order valence-electron chi connectivity index (χ0n) is 16.1. The predicted molar refractivity (Wildman–Crippen MR) is 121 cm³/mol. The molecule has 3 heterocycles. The second kappa shape index (κ2) is 9.57. The number of hydrogen-bond donors (Lipinski definition) is 1. The number of nitrogens with zero attached hydrogens (tertiary/aromatic N) is 4. The molecule has 0 amide bonds. The van der Waals surface area contributed by atoms with Crippen LogP contribution < -0.4 is 5.32 Å². The lowest BCUT2D eigenvalue weighted by Crippen LogP contribution is -2.39. The summed E-state index contributed by atoms with van der Waals surface area (Å²) in [6.45, 7) is 4.03. The van der Waals surface area contributed by atoms with Crippen LogP contribution in [-0.2, 0) is 25.9 Å². The van der Waals surface area contributed by atoms with E-state index >= 15 is 0 Å². The van der Waals surface area contributed by atoms with Gasteiger partial charge in [0.05, 0.1) is 12.2 Å². The summed E-state index contributed by atoms with van der Waals surface area (Å²) < 4.78 is 2.31. The normalized spacial score (nSPS) is 19.5. The third-order valence-corrected chi connectivity index (χ3v) is 5.55. The Balaban J connectivity index is 0.00000210. The van der Waals surface area contributed by atoms with Gasteiger partial charge in [0, 0.05) is 39.3 Å². The first-order chi connectivity index (χ1) is 12.8. The first-order valence-electron chi connectivity index (χ1n) is 9.86. The summed E-state index contributed by atoms with van der Waals surface area (Å²) in [5.41, 5.74) is 2.56. The predicted octanol–water partition coefficient (Wildman–Crippen LogP) is 3.48. The molecule has 1 atom stereocenters. The van der Waals surface area contributed by atoms with E-state index in [2.05, 4.69) is 56.3 Å². The zero-order chi connectivity index (χ0) is 17.8. The molecular weight excluding hydrogens is 449 g/mol. The number of nitrogens with one attached hydrogen (secondary N) is 1. The Morgan fingerprint density at radius 2 is 2.07 bits per heavy atom. The van der Waals surface area contributed by atoms with Gasteiger partial charge in [-0.1, -0.05) is 30.3 Å². The summed E-state index contributed by atoms with van der Waals surface area (Å²) in [5, 5.41) is 3.52. The van der Waals surface area contributed by atoms with Crippen molar-refractivity contribution >= 4 is 29.9 Å². The standard InChI is InChI=1S/C21H29N5.HI/c1-22-21(23-14-19-16-25-11-6-5-9-20(25)24-19)26-12-10-18(15-26)13-17-7-3-2-4-8-17;/h2-4,7-8,16,18H,5-6,9-15H2,1H3,(H,22,23);1H. The van der Waals surface area contributed by atoms with E-state index in [1.54, 1.807) is 0 Å². The quantitative estimate of drug-likeness (QED) is 0.415. The average molecular weight is 479 g/mol. The van der Waals surface area contributed by atoms with Crippen molar-refractivity contribution in [3.8, 4) is 0 Å². The second-order valence-corrected chi connectivity index (χ2v) is 7.49. The molecular formula is C21H30IN5. The van der Waals surface area contributed by atoms with Crippen LogP contribution in [0.1, 0.15) is 36.3 Å². The number of fused-ring (bicyclic) bond motifs is 1. The van der Waals surface area contributed by atoms with Crippen molar-refractivity contribution in [2.24, 2.45) is 10.9 Å². The number of rotatable bonds is 4. The molecule has 1 aromatic carbocycles. The number of guanidine groups is 1. The van der Waals surface area contributed by atoms with Gasteiger partial charge in [-0.05, 0) is 37.2 Å². The Hall–Kier alpha value is -1.57. The lowest BCUT2D eigenvalue weighted by Gasteiger charge is -2.21. The highest BCUT2D eigenvalue weighted by Crippen LogP contribution is 2.21. The van der Waals surface area contributed by atoms with Gasteiger partial charge in [-0.3, -0.25) is 4.99 Å². The van der Waals surface area contributed by atoms with Crippen molar-refractivity contribution in [1.82, 2.24) is 19.8 Å². The maximum atomic E-state index is 4.78. The van der Waals surface area contributed by atoms with Gasteiger partial charge >= 0.3 is 0 Å². The summed E-state index contributed by atoms with van der Waals surface area (Å²) in [7, 11) is 1.88. The number of imidazole rings is 1. The molecule has 2 aliphatic heterocycles. The molecule has 2 aliphatic rings. The SMILES string of the molecule is CN=C(NCc1cn2c(n1)CCCC2)N1CCC(Cc2ccccc2)C1.I. The van der Waals surface area contributed by atoms with Gasteiger partial charge in [-0.25, -0.2) is 4.98 Å². The fraction of sp³-hybridized carbons (Fsp3) is 0.524. The van der Waals surface area contributed by atoms with Gasteiger partial charge in [0.15, 0.2) is 5.96 Å². The van der Waals surface area contributed by atoms with Crippen molar-refractivity contribution in [3.63, 3.8) is 0 Å². The number of aliphatic imine (C=N–C) groups is 1. The van der Waals surface area contributed by atoms with E-state index < -0.39 is 0 Å². The fourth-order valence-corrected chi connectivity index (χ4v) is 4.20. The van der Waals surface area contributed by atoms with E-state index in [-0.39, 0.29) is 24.0 Å². The molecule has 1 N–H and O–H groups in total. The number of likely N-dealkylation sites (tertiary alicyclic amines) is 1. The van der Waals surface area contributed by atoms with Crippen LogP contribution in [0.25, 0.3) is 0 Å². The molecule has 1 aromatic heterocycles. The number of halogens is 1. The van der Waals surface area contributed by atoms with E-state index in [1.165, 1.54) is 30.7 Å². The molecule has 0 saturated carbocycles. The molecule has 0 bridgehead atoms. The maximum Gasteiger partial charge on any atom is 0.193 e. The van der Waals surface area contributed by atoms with Gasteiger partial charge in [0.2, 0.25) is 0 Å². The van der Waals surface area contributed by atoms with Crippen LogP contribution in [-0.4, -0.2) is 40.5 Å². The summed E-state index contributed by atoms with van der Waals surface area (Å²) in [6.07, 6.45) is 8.24. The van der Waals surface area contributed by atoms with Crippen molar-refractivity contribution in [1.29, 1.82) is 0 Å². The van der Waals surface area contributed by atoms with Crippen molar-refractivity contribution in [2.75, 3.05) is 20.1 Å². The first kappa shape index (κ1) is 20.2. The smallest absolute Gasteiger partial charge is 0.193 e. The molecule has 27 heavy (non-hydrogen) atoms. The number of aryl methyl sites for hydroxylation is 2. The number of hydrogen-bond acceptors (Lipinski definition) is 2. The molecule has 2 aromatic rings. The van der Waals surface area contributed by atoms with Crippen LogP contribution in [0.5, 0.6) is 0 Å². The molecule has 4 rings (SSSR count). The molecule has 0 radical (unpaired) electrons. The number of benzene rings is 1. The fourth-order valence-electron chi connectivity index (χ4n) is 4.20. The van der Waals surface area contributed by atoms with E-state index in [1.807, 2.05) is 7.05 Å². The Morgan fingerprint density at radius 1 is 1.22 bits per heavy atom. The Bertz CT molecular complexity index is 732. The van der Waals surface area contributed by atoms with Gasteiger partial charge in [0.1, 0.15) is 5.82 Å². The summed E-state index contributed by atoms with van der Waals surface area (Å²) in [4.78, 5) is 11.7. The summed E-state index contributed by atoms with van der Waals surface area (Å²) in [6, 6.07) is 10.8. The van der Waals surface area contributed by atoms with E-state index in [4.69, 9.17) is 4.98 Å². The lowest BCUT2D eigenvalue weighted by atomic mass is 9.99. The third-order valence-electron chi connectivity index (χ3n) is 5.55. The van der Waals surface area contributed by atoms with Crippen molar-refractivity contribution in [3.05, 3.63) is 53.6 Å². The molecule has 1 saturated heterocycles. The zero-order valence-corrected chi connectivity index (χ0v) is 18.4. The minimum atomic E-state index is 0. The van der Waals surface area contributed by atoms with E-state index in [0.717, 1.165) is 50.7 Å². The highest BCUT2D eigenvalue weighted by atomic mass is 127. The van der Waals surface area contributed by atoms with Gasteiger partial charge < -0.3 is 14.8 Å². The molecule has 146 valence electrons. The molecule has 0 aliphatic carbocycles. The van der Waals surface area contributed by atoms with E-state index in [9.17, 15) is 0 Å². The lowest BCUT2D eigenvalue weighted by molar-refractivity contribution is 0.459. The van der Waals surface area contributed by atoms with Gasteiger partial charge in [-0.15, -0.1) is 24.0 Å². The average Bonchev–Trinajstić information content (AvgIpc) is 3.30. The van der Waals surface area contributed by atoms with Gasteiger partial charge in [-0.2, -0.15) is 0 Å². The van der Waals surface area contributed by atoms with Crippen LogP contribution in [0.15, 0.2) is 41.5 Å². The third kappa shape index (κ3) is 5.03. The van der Waals surface area contributed by atoms with E-state index in [0.29, 0.717) is 5.92 Å². The topological polar surface area (TPSA) is 45.5 Å². The van der Waals surface area contributed by atoms with Crippen LogP contribution in [0.4, 0.5) is 0 Å². The molecule has 6 heteroatoms. The van der Waals surface area contributed by atoms with Crippen LogP contribution in [0.2, 0.25) is 0 Å². The Morgan fingerprint density at radius 3 is 2.85 bits per heavy atom. The molecule has 1 fully saturated rings. The monoisotopic (exact) mass is 479 g/mol. The minimum absolute atomic E-state index is 0. The largest absolute Gasteiger partial charge is 0.351 e. The second-order valence-electron chi connectivity index (χ2n) is 7.49. The molecule has 0 spiro atoms. The Labute approximate surface area is 179 Å². The highest BCUT2D eigenvalue weighted by molar-refractivity contribution is 14.0. The van der Waals surface area contributed by atoms with Crippen LogP contribution in [0.3, 0.4) is 0 Å². The summed E-state index contributed by atoms with van der Waals surface area (Å²) >= 11 is 0. The molecule has 1 unspecified atom stereocenters. The van der Waals surface area contributed by atoms with Gasteiger partial charge in [0.25, 0.3) is 0 Å². The highest BCUT2D eigenvalue weighted by Gasteiger charge is 2.25.